The first-order valence-corrected chi connectivity index (χ1v) is 6.47. The van der Waals surface area contributed by atoms with Gasteiger partial charge in [0.1, 0.15) is 5.56 Å². The molecule has 2 rings (SSSR count). The Morgan fingerprint density at radius 3 is 2.41 bits per heavy atom. The van der Waals surface area contributed by atoms with Crippen LogP contribution in [0.2, 0.25) is 0 Å². The Balaban J connectivity index is 2.69. The average molecular weight is 303 g/mol. The number of hydrogen-bond donors (Lipinski definition) is 1. The molecule has 116 valence electrons. The molecule has 0 spiro atoms. The number of aromatic nitrogens is 1. The van der Waals surface area contributed by atoms with E-state index in [0.29, 0.717) is 22.4 Å². The van der Waals surface area contributed by atoms with Gasteiger partial charge in [0.05, 0.1) is 26.1 Å². The lowest BCUT2D eigenvalue weighted by molar-refractivity contribution is 0.0697. The van der Waals surface area contributed by atoms with Crippen molar-refractivity contribution >= 4 is 29.0 Å². The van der Waals surface area contributed by atoms with Crippen LogP contribution in [0.25, 0.3) is 10.9 Å². The van der Waals surface area contributed by atoms with Crippen LogP contribution in [0.4, 0.5) is 5.82 Å². The van der Waals surface area contributed by atoms with Crippen molar-refractivity contribution in [2.75, 3.05) is 28.3 Å². The summed E-state index contributed by atoms with van der Waals surface area (Å²) in [5.74, 6) is 0.0850. The number of pyridine rings is 1. The first-order valence-electron chi connectivity index (χ1n) is 6.47. The summed E-state index contributed by atoms with van der Waals surface area (Å²) in [6.45, 7) is 0. The molecular weight excluding hydrogens is 286 g/mol. The van der Waals surface area contributed by atoms with Gasteiger partial charge >= 0.3 is 5.97 Å². The van der Waals surface area contributed by atoms with Gasteiger partial charge in [-0.3, -0.25) is 0 Å². The van der Waals surface area contributed by atoms with Gasteiger partial charge in [-0.15, -0.1) is 0 Å². The Labute approximate surface area is 127 Å². The van der Waals surface area contributed by atoms with Crippen LogP contribution in [0.15, 0.2) is 23.2 Å². The minimum atomic E-state index is -1.09. The Hall–Kier alpha value is -2.83. The summed E-state index contributed by atoms with van der Waals surface area (Å²) >= 11 is 0. The fraction of sp³-hybridized carbons (Fsp3) is 0.267. The van der Waals surface area contributed by atoms with Gasteiger partial charge in [-0.2, -0.15) is 0 Å². The standard InChI is InChI=1S/C15H17N3O4/c1-18(2)8-16-14-10(15(19)20)5-9-6-12(21-3)13(22-4)7-11(9)17-14/h5-8H,1-4H3,(H,19,20). The van der Waals surface area contributed by atoms with Gasteiger partial charge in [0.15, 0.2) is 17.3 Å². The van der Waals surface area contributed by atoms with Gasteiger partial charge in [0.25, 0.3) is 0 Å². The molecule has 0 bridgehead atoms. The molecular formula is C15H17N3O4. The summed E-state index contributed by atoms with van der Waals surface area (Å²) in [5.41, 5.74) is 0.603. The third-order valence-corrected chi connectivity index (χ3v) is 2.94. The summed E-state index contributed by atoms with van der Waals surface area (Å²) in [5, 5.41) is 9.97. The number of methoxy groups -OCH3 is 2. The predicted octanol–water partition coefficient (Wildman–Crippen LogP) is 2.17. The van der Waals surface area contributed by atoms with Gasteiger partial charge < -0.3 is 19.5 Å². The fourth-order valence-electron chi connectivity index (χ4n) is 1.92. The molecule has 0 saturated carbocycles. The second-order valence-corrected chi connectivity index (χ2v) is 4.77. The number of ether oxygens (including phenoxy) is 2. The van der Waals surface area contributed by atoms with Gasteiger partial charge in [-0.1, -0.05) is 0 Å². The molecule has 0 unspecified atom stereocenters. The van der Waals surface area contributed by atoms with E-state index >= 15 is 0 Å². The Bertz CT molecular complexity index is 741. The number of fused-ring (bicyclic) bond motifs is 1. The molecule has 1 aromatic heterocycles. The first-order chi connectivity index (χ1) is 10.5. The molecule has 0 saturated heterocycles. The number of rotatable bonds is 5. The van der Waals surface area contributed by atoms with Crippen molar-refractivity contribution in [2.45, 2.75) is 0 Å². The molecule has 2 aromatic rings. The van der Waals surface area contributed by atoms with E-state index in [4.69, 9.17) is 9.47 Å². The van der Waals surface area contributed by atoms with Gasteiger partial charge in [0, 0.05) is 25.5 Å². The zero-order valence-corrected chi connectivity index (χ0v) is 12.8. The van der Waals surface area contributed by atoms with Crippen LogP contribution in [-0.2, 0) is 0 Å². The number of aromatic carboxylic acids is 1. The van der Waals surface area contributed by atoms with Crippen molar-refractivity contribution in [1.29, 1.82) is 0 Å². The number of hydrogen-bond acceptors (Lipinski definition) is 5. The SMILES string of the molecule is COc1cc2cc(C(=O)O)c(N=CN(C)C)nc2cc1OC. The molecule has 0 aliphatic rings. The largest absolute Gasteiger partial charge is 0.493 e. The highest BCUT2D eigenvalue weighted by molar-refractivity contribution is 5.98. The minimum Gasteiger partial charge on any atom is -0.493 e. The number of carboxylic acids is 1. The molecule has 0 radical (unpaired) electrons. The van der Waals surface area contributed by atoms with Crippen molar-refractivity contribution in [3.05, 3.63) is 23.8 Å². The molecule has 0 amide bonds. The van der Waals surface area contributed by atoms with Crippen molar-refractivity contribution in [2.24, 2.45) is 4.99 Å². The molecule has 1 aromatic carbocycles. The highest BCUT2D eigenvalue weighted by Gasteiger charge is 2.15. The average Bonchev–Trinajstić information content (AvgIpc) is 2.50. The highest BCUT2D eigenvalue weighted by Crippen LogP contribution is 2.33. The predicted molar refractivity (Wildman–Crippen MR) is 83.6 cm³/mol. The zero-order chi connectivity index (χ0) is 16.3. The molecule has 0 atom stereocenters. The summed E-state index contributed by atoms with van der Waals surface area (Å²) in [4.78, 5) is 21.5. The van der Waals surface area contributed by atoms with Crippen LogP contribution in [0.5, 0.6) is 11.5 Å². The van der Waals surface area contributed by atoms with Gasteiger partial charge in [-0.25, -0.2) is 14.8 Å². The van der Waals surface area contributed by atoms with Crippen LogP contribution in [0.3, 0.4) is 0 Å². The lowest BCUT2D eigenvalue weighted by atomic mass is 10.1. The third kappa shape index (κ3) is 3.08. The number of carbonyl (C=O) groups is 1. The maximum Gasteiger partial charge on any atom is 0.339 e. The lowest BCUT2D eigenvalue weighted by Gasteiger charge is -2.10. The lowest BCUT2D eigenvalue weighted by Crippen LogP contribution is -2.08. The maximum atomic E-state index is 11.4. The molecule has 1 N–H and O–H groups in total. The number of benzene rings is 1. The molecule has 7 nitrogen and oxygen atoms in total. The van der Waals surface area contributed by atoms with Crippen LogP contribution in [0.1, 0.15) is 10.4 Å². The number of carboxylic acid groups (broad SMARTS) is 1. The molecule has 22 heavy (non-hydrogen) atoms. The Morgan fingerprint density at radius 1 is 1.23 bits per heavy atom. The number of aliphatic imine (C=N–C) groups is 1. The second kappa shape index (κ2) is 6.30. The van der Waals surface area contributed by atoms with Gasteiger partial charge in [0.2, 0.25) is 0 Å². The van der Waals surface area contributed by atoms with Crippen molar-refractivity contribution in [1.82, 2.24) is 9.88 Å². The summed E-state index contributed by atoms with van der Waals surface area (Å²) in [7, 11) is 6.63. The van der Waals surface area contributed by atoms with E-state index in [1.165, 1.54) is 26.6 Å². The van der Waals surface area contributed by atoms with E-state index in [9.17, 15) is 9.90 Å². The maximum absolute atomic E-state index is 11.4. The van der Waals surface area contributed by atoms with E-state index in [1.54, 1.807) is 31.1 Å². The summed E-state index contributed by atoms with van der Waals surface area (Å²) < 4.78 is 10.4. The van der Waals surface area contributed by atoms with Crippen molar-refractivity contribution in [3.63, 3.8) is 0 Å². The number of nitrogens with zero attached hydrogens (tertiary/aromatic N) is 3. The highest BCUT2D eigenvalue weighted by atomic mass is 16.5. The van der Waals surface area contributed by atoms with Crippen LogP contribution >= 0.6 is 0 Å². The normalized spacial score (nSPS) is 10.9. The molecule has 0 aliphatic carbocycles. The van der Waals surface area contributed by atoms with Crippen LogP contribution in [-0.4, -0.2) is 55.6 Å². The van der Waals surface area contributed by atoms with Gasteiger partial charge in [-0.05, 0) is 12.1 Å². The van der Waals surface area contributed by atoms with Crippen LogP contribution < -0.4 is 9.47 Å². The minimum absolute atomic E-state index is 0.0258. The third-order valence-electron chi connectivity index (χ3n) is 2.94. The molecule has 0 aliphatic heterocycles. The first kappa shape index (κ1) is 15.6. The van der Waals surface area contributed by atoms with Crippen molar-refractivity contribution in [3.8, 4) is 11.5 Å². The molecule has 0 fully saturated rings. The van der Waals surface area contributed by atoms with E-state index in [-0.39, 0.29) is 11.4 Å². The quantitative estimate of drug-likeness (QED) is 0.673. The summed E-state index contributed by atoms with van der Waals surface area (Å²) in [6.07, 6.45) is 1.50. The zero-order valence-electron chi connectivity index (χ0n) is 12.8. The van der Waals surface area contributed by atoms with Crippen LogP contribution in [0, 0.1) is 0 Å². The Morgan fingerprint density at radius 2 is 1.86 bits per heavy atom. The van der Waals surface area contributed by atoms with E-state index < -0.39 is 5.97 Å². The fourth-order valence-corrected chi connectivity index (χ4v) is 1.92. The second-order valence-electron chi connectivity index (χ2n) is 4.77. The van der Waals surface area contributed by atoms with E-state index in [0.717, 1.165) is 0 Å². The van der Waals surface area contributed by atoms with Crippen molar-refractivity contribution < 1.29 is 19.4 Å². The Kier molecular flexibility index (Phi) is 4.45. The summed E-state index contributed by atoms with van der Waals surface area (Å²) in [6, 6.07) is 4.90. The monoisotopic (exact) mass is 303 g/mol. The van der Waals surface area contributed by atoms with E-state index in [1.807, 2.05) is 0 Å². The molecule has 1 heterocycles. The smallest absolute Gasteiger partial charge is 0.339 e. The topological polar surface area (TPSA) is 84.3 Å². The molecule has 7 heteroatoms. The van der Waals surface area contributed by atoms with E-state index in [2.05, 4.69) is 9.98 Å².